The van der Waals surface area contributed by atoms with Crippen molar-refractivity contribution in [1.29, 1.82) is 0 Å². The van der Waals surface area contributed by atoms with Crippen molar-refractivity contribution in [3.63, 3.8) is 0 Å². The molecule has 2 heteroatoms. The Kier molecular flexibility index (Phi) is 3.33. The van der Waals surface area contributed by atoms with Crippen LogP contribution in [0.15, 0.2) is 0 Å². The first kappa shape index (κ1) is 12.4. The average molecular weight is 224 g/mol. The molecule has 2 aliphatic heterocycles. The second kappa shape index (κ2) is 4.30. The molecule has 2 fully saturated rings. The zero-order valence-corrected chi connectivity index (χ0v) is 11.5. The van der Waals surface area contributed by atoms with E-state index in [4.69, 9.17) is 0 Å². The van der Waals surface area contributed by atoms with Crippen molar-refractivity contribution in [2.75, 3.05) is 32.7 Å². The minimum Gasteiger partial charge on any atom is -0.316 e. The minimum atomic E-state index is 0.490. The van der Waals surface area contributed by atoms with E-state index < -0.39 is 0 Å². The molecule has 2 atom stereocenters. The predicted octanol–water partition coefficient (Wildman–Crippen LogP) is 2.35. The second-order valence-corrected chi connectivity index (χ2v) is 7.32. The highest BCUT2D eigenvalue weighted by Crippen LogP contribution is 2.35. The molecular formula is C14H28N2. The topological polar surface area (TPSA) is 15.3 Å². The van der Waals surface area contributed by atoms with Crippen molar-refractivity contribution in [1.82, 2.24) is 10.2 Å². The third kappa shape index (κ3) is 2.78. The quantitative estimate of drug-likeness (QED) is 0.774. The molecule has 16 heavy (non-hydrogen) atoms. The summed E-state index contributed by atoms with van der Waals surface area (Å²) in [6.45, 7) is 16.0. The molecule has 0 saturated carbocycles. The van der Waals surface area contributed by atoms with E-state index in [0.717, 1.165) is 5.92 Å². The first-order valence-electron chi connectivity index (χ1n) is 6.82. The lowest BCUT2D eigenvalue weighted by Gasteiger charge is -2.31. The van der Waals surface area contributed by atoms with E-state index in [9.17, 15) is 0 Å². The third-order valence-electron chi connectivity index (χ3n) is 4.56. The van der Waals surface area contributed by atoms with E-state index in [-0.39, 0.29) is 0 Å². The van der Waals surface area contributed by atoms with Crippen molar-refractivity contribution in [2.45, 2.75) is 40.5 Å². The van der Waals surface area contributed by atoms with Crippen LogP contribution in [-0.4, -0.2) is 37.6 Å². The summed E-state index contributed by atoms with van der Waals surface area (Å²) in [7, 11) is 0. The summed E-state index contributed by atoms with van der Waals surface area (Å²) in [4.78, 5) is 2.70. The van der Waals surface area contributed by atoms with Gasteiger partial charge < -0.3 is 10.2 Å². The SMILES string of the molecule is CC1(CN2CCC(C(C)(C)C)C2)CCNC1. The molecule has 2 saturated heterocycles. The number of likely N-dealkylation sites (tertiary alicyclic amines) is 1. The van der Waals surface area contributed by atoms with Crippen molar-refractivity contribution >= 4 is 0 Å². The van der Waals surface area contributed by atoms with Gasteiger partial charge in [0.1, 0.15) is 0 Å². The lowest BCUT2D eigenvalue weighted by Crippen LogP contribution is -2.37. The van der Waals surface area contributed by atoms with Gasteiger partial charge in [0.2, 0.25) is 0 Å². The average Bonchev–Trinajstić information content (AvgIpc) is 2.74. The summed E-state index contributed by atoms with van der Waals surface area (Å²) in [5, 5.41) is 3.50. The fraction of sp³-hybridized carbons (Fsp3) is 1.00. The summed E-state index contributed by atoms with van der Waals surface area (Å²) in [5.74, 6) is 0.894. The fourth-order valence-corrected chi connectivity index (χ4v) is 3.23. The van der Waals surface area contributed by atoms with Crippen LogP contribution in [0.1, 0.15) is 40.5 Å². The first-order chi connectivity index (χ1) is 7.39. The number of hydrogen-bond donors (Lipinski definition) is 1. The smallest absolute Gasteiger partial charge is 0.00481 e. The molecule has 2 heterocycles. The van der Waals surface area contributed by atoms with Gasteiger partial charge in [0.25, 0.3) is 0 Å². The van der Waals surface area contributed by atoms with E-state index >= 15 is 0 Å². The van der Waals surface area contributed by atoms with Crippen LogP contribution >= 0.6 is 0 Å². The van der Waals surface area contributed by atoms with Crippen molar-refractivity contribution in [3.05, 3.63) is 0 Å². The van der Waals surface area contributed by atoms with E-state index in [0.29, 0.717) is 10.8 Å². The van der Waals surface area contributed by atoms with Gasteiger partial charge in [-0.1, -0.05) is 27.7 Å². The van der Waals surface area contributed by atoms with Gasteiger partial charge in [0.15, 0.2) is 0 Å². The highest BCUT2D eigenvalue weighted by molar-refractivity contribution is 4.90. The van der Waals surface area contributed by atoms with Crippen LogP contribution in [0.4, 0.5) is 0 Å². The fourth-order valence-electron chi connectivity index (χ4n) is 3.23. The summed E-state index contributed by atoms with van der Waals surface area (Å²) in [6.07, 6.45) is 2.75. The van der Waals surface area contributed by atoms with Gasteiger partial charge in [-0.3, -0.25) is 0 Å². The molecule has 94 valence electrons. The van der Waals surface area contributed by atoms with Crippen molar-refractivity contribution < 1.29 is 0 Å². The number of nitrogens with zero attached hydrogens (tertiary/aromatic N) is 1. The van der Waals surface area contributed by atoms with E-state index in [1.54, 1.807) is 0 Å². The van der Waals surface area contributed by atoms with Gasteiger partial charge in [0, 0.05) is 19.6 Å². The first-order valence-corrected chi connectivity index (χ1v) is 6.82. The van der Waals surface area contributed by atoms with Gasteiger partial charge in [-0.25, -0.2) is 0 Å². The molecule has 0 radical (unpaired) electrons. The lowest BCUT2D eigenvalue weighted by molar-refractivity contribution is 0.180. The van der Waals surface area contributed by atoms with Gasteiger partial charge in [-0.05, 0) is 42.7 Å². The summed E-state index contributed by atoms with van der Waals surface area (Å²) in [5.41, 5.74) is 1.02. The number of hydrogen-bond acceptors (Lipinski definition) is 2. The molecule has 0 amide bonds. The molecule has 2 rings (SSSR count). The predicted molar refractivity (Wildman–Crippen MR) is 69.6 cm³/mol. The molecule has 0 aromatic heterocycles. The highest BCUT2D eigenvalue weighted by Gasteiger charge is 2.36. The Balaban J connectivity index is 1.85. The highest BCUT2D eigenvalue weighted by atomic mass is 15.2. The number of nitrogens with one attached hydrogen (secondary N) is 1. The third-order valence-corrected chi connectivity index (χ3v) is 4.56. The van der Waals surface area contributed by atoms with Crippen LogP contribution in [0.2, 0.25) is 0 Å². The largest absolute Gasteiger partial charge is 0.316 e. The molecule has 2 aliphatic rings. The maximum absolute atomic E-state index is 3.50. The maximum atomic E-state index is 3.50. The molecule has 1 N–H and O–H groups in total. The van der Waals surface area contributed by atoms with E-state index in [2.05, 4.69) is 37.9 Å². The Morgan fingerprint density at radius 2 is 2.12 bits per heavy atom. The van der Waals surface area contributed by atoms with Crippen LogP contribution in [-0.2, 0) is 0 Å². The second-order valence-electron chi connectivity index (χ2n) is 7.32. The summed E-state index contributed by atoms with van der Waals surface area (Å²) >= 11 is 0. The van der Waals surface area contributed by atoms with Crippen LogP contribution in [0.3, 0.4) is 0 Å². The molecule has 0 aliphatic carbocycles. The lowest BCUT2D eigenvalue weighted by atomic mass is 9.80. The Morgan fingerprint density at radius 3 is 2.62 bits per heavy atom. The Labute approximate surface area is 101 Å². The Morgan fingerprint density at radius 1 is 1.38 bits per heavy atom. The Hall–Kier alpha value is -0.0800. The molecule has 2 unspecified atom stereocenters. The number of rotatable bonds is 2. The monoisotopic (exact) mass is 224 g/mol. The molecular weight excluding hydrogens is 196 g/mol. The van der Waals surface area contributed by atoms with Gasteiger partial charge >= 0.3 is 0 Å². The van der Waals surface area contributed by atoms with Crippen LogP contribution in [0.5, 0.6) is 0 Å². The Bertz CT molecular complexity index is 236. The van der Waals surface area contributed by atoms with Crippen molar-refractivity contribution in [3.8, 4) is 0 Å². The van der Waals surface area contributed by atoms with Crippen LogP contribution < -0.4 is 5.32 Å². The maximum Gasteiger partial charge on any atom is 0.00481 e. The van der Waals surface area contributed by atoms with Crippen LogP contribution in [0.25, 0.3) is 0 Å². The molecule has 0 spiro atoms. The van der Waals surface area contributed by atoms with Crippen LogP contribution in [0, 0.1) is 16.7 Å². The zero-order valence-electron chi connectivity index (χ0n) is 11.5. The van der Waals surface area contributed by atoms with Gasteiger partial charge in [-0.2, -0.15) is 0 Å². The summed E-state index contributed by atoms with van der Waals surface area (Å²) < 4.78 is 0. The van der Waals surface area contributed by atoms with E-state index in [1.807, 2.05) is 0 Å². The normalized spacial score (nSPS) is 37.1. The molecule has 2 nitrogen and oxygen atoms in total. The van der Waals surface area contributed by atoms with Gasteiger partial charge in [0.05, 0.1) is 0 Å². The summed E-state index contributed by atoms with van der Waals surface area (Å²) in [6, 6.07) is 0. The molecule has 0 aromatic rings. The molecule has 0 aromatic carbocycles. The van der Waals surface area contributed by atoms with E-state index in [1.165, 1.54) is 45.6 Å². The standard InChI is InChI=1S/C14H28N2/c1-13(2,3)12-5-8-16(9-12)11-14(4)6-7-15-10-14/h12,15H,5-11H2,1-4H3. The van der Waals surface area contributed by atoms with Crippen molar-refractivity contribution in [2.24, 2.45) is 16.7 Å². The minimum absolute atomic E-state index is 0.490. The zero-order chi connectivity index (χ0) is 11.8. The molecule has 0 bridgehead atoms. The van der Waals surface area contributed by atoms with Gasteiger partial charge in [-0.15, -0.1) is 0 Å².